The van der Waals surface area contributed by atoms with Crippen molar-refractivity contribution < 1.29 is 19.4 Å². The Kier molecular flexibility index (Phi) is 5.63. The molecule has 0 fully saturated rings. The molecule has 2 atom stereocenters. The number of carboxylic acids is 1. The van der Waals surface area contributed by atoms with Gasteiger partial charge in [-0.2, -0.15) is 0 Å². The summed E-state index contributed by atoms with van der Waals surface area (Å²) in [6.45, 7) is 3.66. The third-order valence-electron chi connectivity index (χ3n) is 2.72. The van der Waals surface area contributed by atoms with Crippen LogP contribution in [0.3, 0.4) is 0 Å². The highest BCUT2D eigenvalue weighted by atomic mass is 16.5. The van der Waals surface area contributed by atoms with Gasteiger partial charge in [0, 0.05) is 6.04 Å². The first kappa shape index (κ1) is 15.3. The lowest BCUT2D eigenvalue weighted by atomic mass is 10.1. The van der Waals surface area contributed by atoms with Crippen molar-refractivity contribution in [1.29, 1.82) is 0 Å². The SMILES string of the molecule is CCC(Oc1ccc(OC)cc1CC(C)N)C(=O)O. The fourth-order valence-electron chi connectivity index (χ4n) is 1.77. The highest BCUT2D eigenvalue weighted by Gasteiger charge is 2.19. The quantitative estimate of drug-likeness (QED) is 0.787. The monoisotopic (exact) mass is 267 g/mol. The summed E-state index contributed by atoms with van der Waals surface area (Å²) in [4.78, 5) is 11.0. The van der Waals surface area contributed by atoms with Crippen LogP contribution in [0.25, 0.3) is 0 Å². The van der Waals surface area contributed by atoms with E-state index in [1.54, 1.807) is 26.2 Å². The summed E-state index contributed by atoms with van der Waals surface area (Å²) in [5.41, 5.74) is 6.65. The Bertz CT molecular complexity index is 431. The maximum atomic E-state index is 11.0. The van der Waals surface area contributed by atoms with Gasteiger partial charge in [0.1, 0.15) is 11.5 Å². The minimum atomic E-state index is -0.968. The zero-order valence-corrected chi connectivity index (χ0v) is 11.6. The third-order valence-corrected chi connectivity index (χ3v) is 2.72. The summed E-state index contributed by atoms with van der Waals surface area (Å²) < 4.78 is 10.7. The Morgan fingerprint density at radius 3 is 2.63 bits per heavy atom. The topological polar surface area (TPSA) is 81.8 Å². The van der Waals surface area contributed by atoms with Gasteiger partial charge in [0.25, 0.3) is 0 Å². The van der Waals surface area contributed by atoms with Gasteiger partial charge >= 0.3 is 5.97 Å². The van der Waals surface area contributed by atoms with Gasteiger partial charge in [-0.3, -0.25) is 0 Å². The van der Waals surface area contributed by atoms with E-state index in [-0.39, 0.29) is 6.04 Å². The first-order valence-electron chi connectivity index (χ1n) is 6.29. The second-order valence-corrected chi connectivity index (χ2v) is 4.51. The zero-order valence-electron chi connectivity index (χ0n) is 11.6. The lowest BCUT2D eigenvalue weighted by Crippen LogP contribution is -2.27. The second kappa shape index (κ2) is 6.99. The van der Waals surface area contributed by atoms with Gasteiger partial charge in [-0.05, 0) is 43.5 Å². The predicted octanol–water partition coefficient (Wildman–Crippen LogP) is 1.83. The molecular weight excluding hydrogens is 246 g/mol. The number of carboxylic acid groups (broad SMARTS) is 1. The molecule has 0 aliphatic heterocycles. The Labute approximate surface area is 113 Å². The maximum Gasteiger partial charge on any atom is 0.344 e. The molecule has 19 heavy (non-hydrogen) atoms. The minimum absolute atomic E-state index is 0.0423. The predicted molar refractivity (Wildman–Crippen MR) is 72.7 cm³/mol. The molecule has 0 spiro atoms. The van der Waals surface area contributed by atoms with E-state index in [2.05, 4.69) is 0 Å². The number of carbonyl (C=O) groups is 1. The summed E-state index contributed by atoms with van der Waals surface area (Å²) in [6, 6.07) is 5.25. The number of hydrogen-bond donors (Lipinski definition) is 2. The molecule has 0 aliphatic carbocycles. The molecule has 5 heteroatoms. The van der Waals surface area contributed by atoms with Gasteiger partial charge in [0.2, 0.25) is 0 Å². The van der Waals surface area contributed by atoms with Crippen LogP contribution in [0, 0.1) is 0 Å². The van der Waals surface area contributed by atoms with Crippen LogP contribution in [0.2, 0.25) is 0 Å². The normalized spacial score (nSPS) is 13.7. The number of methoxy groups -OCH3 is 1. The average Bonchev–Trinajstić information content (AvgIpc) is 2.36. The van der Waals surface area contributed by atoms with Crippen LogP contribution < -0.4 is 15.2 Å². The smallest absolute Gasteiger partial charge is 0.344 e. The van der Waals surface area contributed by atoms with Gasteiger partial charge in [-0.15, -0.1) is 0 Å². The lowest BCUT2D eigenvalue weighted by Gasteiger charge is -2.18. The van der Waals surface area contributed by atoms with E-state index in [1.165, 1.54) is 0 Å². The van der Waals surface area contributed by atoms with E-state index in [9.17, 15) is 4.79 Å². The lowest BCUT2D eigenvalue weighted by molar-refractivity contribution is -0.145. The molecule has 106 valence electrons. The van der Waals surface area contributed by atoms with Crippen molar-refractivity contribution in [3.8, 4) is 11.5 Å². The van der Waals surface area contributed by atoms with E-state index in [0.717, 1.165) is 5.56 Å². The second-order valence-electron chi connectivity index (χ2n) is 4.51. The van der Waals surface area contributed by atoms with Gasteiger partial charge in [-0.25, -0.2) is 4.79 Å². The summed E-state index contributed by atoms with van der Waals surface area (Å²) in [6.07, 6.45) is 0.155. The molecule has 1 rings (SSSR count). The van der Waals surface area contributed by atoms with E-state index in [0.29, 0.717) is 24.3 Å². The summed E-state index contributed by atoms with van der Waals surface area (Å²) in [5.74, 6) is 0.281. The maximum absolute atomic E-state index is 11.0. The van der Waals surface area contributed by atoms with E-state index in [4.69, 9.17) is 20.3 Å². The number of benzene rings is 1. The van der Waals surface area contributed by atoms with Crippen molar-refractivity contribution in [3.63, 3.8) is 0 Å². The van der Waals surface area contributed by atoms with Crippen LogP contribution >= 0.6 is 0 Å². The van der Waals surface area contributed by atoms with Crippen molar-refractivity contribution in [2.75, 3.05) is 7.11 Å². The number of aliphatic carboxylic acids is 1. The Hall–Kier alpha value is -1.75. The van der Waals surface area contributed by atoms with Crippen LogP contribution in [0.4, 0.5) is 0 Å². The molecular formula is C14H21NO4. The molecule has 0 radical (unpaired) electrons. The molecule has 0 aromatic heterocycles. The Balaban J connectivity index is 3.00. The van der Waals surface area contributed by atoms with Gasteiger partial charge in [0.05, 0.1) is 7.11 Å². The summed E-state index contributed by atoms with van der Waals surface area (Å²) in [5, 5.41) is 9.03. The molecule has 0 amide bonds. The molecule has 1 aromatic carbocycles. The Morgan fingerprint density at radius 1 is 1.47 bits per heavy atom. The van der Waals surface area contributed by atoms with Gasteiger partial charge in [0.15, 0.2) is 6.10 Å². The minimum Gasteiger partial charge on any atom is -0.497 e. The number of hydrogen-bond acceptors (Lipinski definition) is 4. The fourth-order valence-corrected chi connectivity index (χ4v) is 1.77. The highest BCUT2D eigenvalue weighted by Crippen LogP contribution is 2.26. The molecule has 0 aliphatic rings. The molecule has 1 aromatic rings. The summed E-state index contributed by atoms with van der Waals surface area (Å²) >= 11 is 0. The number of rotatable bonds is 7. The first-order valence-corrected chi connectivity index (χ1v) is 6.29. The average molecular weight is 267 g/mol. The first-order chi connectivity index (χ1) is 8.97. The van der Waals surface area contributed by atoms with Crippen LogP contribution in [0.15, 0.2) is 18.2 Å². The van der Waals surface area contributed by atoms with Crippen molar-refractivity contribution in [2.24, 2.45) is 5.73 Å². The van der Waals surface area contributed by atoms with Crippen molar-refractivity contribution >= 4 is 5.97 Å². The zero-order chi connectivity index (χ0) is 14.4. The van der Waals surface area contributed by atoms with Crippen LogP contribution in [-0.2, 0) is 11.2 Å². The van der Waals surface area contributed by atoms with Gasteiger partial charge in [-0.1, -0.05) is 6.92 Å². The fraction of sp³-hybridized carbons (Fsp3) is 0.500. The van der Waals surface area contributed by atoms with Crippen LogP contribution in [0.1, 0.15) is 25.8 Å². The van der Waals surface area contributed by atoms with Gasteiger partial charge < -0.3 is 20.3 Å². The summed E-state index contributed by atoms with van der Waals surface area (Å²) in [7, 11) is 1.58. The molecule has 5 nitrogen and oxygen atoms in total. The van der Waals surface area contributed by atoms with Crippen molar-refractivity contribution in [1.82, 2.24) is 0 Å². The molecule has 0 heterocycles. The molecule has 2 unspecified atom stereocenters. The number of ether oxygens (including phenoxy) is 2. The third kappa shape index (κ3) is 4.44. The van der Waals surface area contributed by atoms with E-state index < -0.39 is 12.1 Å². The molecule has 0 bridgehead atoms. The Morgan fingerprint density at radius 2 is 2.16 bits per heavy atom. The van der Waals surface area contributed by atoms with E-state index in [1.807, 2.05) is 13.0 Å². The van der Waals surface area contributed by atoms with Crippen molar-refractivity contribution in [2.45, 2.75) is 38.8 Å². The molecule has 0 saturated carbocycles. The highest BCUT2D eigenvalue weighted by molar-refractivity contribution is 5.72. The van der Waals surface area contributed by atoms with Crippen molar-refractivity contribution in [3.05, 3.63) is 23.8 Å². The number of nitrogens with two attached hydrogens (primary N) is 1. The van der Waals surface area contributed by atoms with Crippen LogP contribution in [-0.4, -0.2) is 30.3 Å². The standard InChI is InChI=1S/C14H21NO4/c1-4-12(14(16)17)19-13-6-5-11(18-3)8-10(13)7-9(2)15/h5-6,8-9,12H,4,7,15H2,1-3H3,(H,16,17). The van der Waals surface area contributed by atoms with E-state index >= 15 is 0 Å². The van der Waals surface area contributed by atoms with Crippen LogP contribution in [0.5, 0.6) is 11.5 Å². The molecule has 0 saturated heterocycles. The largest absolute Gasteiger partial charge is 0.497 e. The molecule has 3 N–H and O–H groups in total.